The standard InChI is InChI=1S/C22H20FNO5S/c1-13-21-15(10-24(12-28-21)17-5-6-30(26,27)11-17)9-18-20(25)19(29-22(13)18)8-14-3-2-4-16(23)7-14/h2-4,7-9,17H,5-6,10-12H2,1H3/b19-8+. The number of allylic oxidation sites excluding steroid dienone is 1. The van der Waals surface area contributed by atoms with Gasteiger partial charge in [0.25, 0.3) is 0 Å². The van der Waals surface area contributed by atoms with E-state index in [0.717, 1.165) is 11.1 Å². The number of hydrogen-bond donors (Lipinski definition) is 0. The summed E-state index contributed by atoms with van der Waals surface area (Å²) in [6.45, 7) is 2.65. The summed E-state index contributed by atoms with van der Waals surface area (Å²) in [6.07, 6.45) is 2.12. The minimum atomic E-state index is -2.99. The van der Waals surface area contributed by atoms with Crippen LogP contribution in [0.15, 0.2) is 36.1 Å². The molecule has 156 valence electrons. The van der Waals surface area contributed by atoms with Gasteiger partial charge < -0.3 is 9.47 Å². The van der Waals surface area contributed by atoms with E-state index in [1.54, 1.807) is 18.2 Å². The Labute approximate surface area is 173 Å². The average molecular weight is 429 g/mol. The van der Waals surface area contributed by atoms with Crippen LogP contribution in [-0.4, -0.2) is 43.4 Å². The number of ether oxygens (including phenoxy) is 2. The Morgan fingerprint density at radius 3 is 2.80 bits per heavy atom. The molecule has 1 atom stereocenters. The number of carbonyl (C=O) groups is 1. The molecule has 5 rings (SSSR count). The third-order valence-electron chi connectivity index (χ3n) is 5.84. The highest BCUT2D eigenvalue weighted by Gasteiger charge is 2.37. The molecule has 3 heterocycles. The van der Waals surface area contributed by atoms with Crippen molar-refractivity contribution in [1.82, 2.24) is 4.90 Å². The normalized spacial score (nSPS) is 23.7. The van der Waals surface area contributed by atoms with Crippen LogP contribution in [0.3, 0.4) is 0 Å². The molecule has 3 aliphatic rings. The van der Waals surface area contributed by atoms with Gasteiger partial charge in [-0.15, -0.1) is 0 Å². The first-order valence-electron chi connectivity index (χ1n) is 9.74. The van der Waals surface area contributed by atoms with Gasteiger partial charge in [0.2, 0.25) is 5.78 Å². The second-order valence-electron chi connectivity index (χ2n) is 7.94. The van der Waals surface area contributed by atoms with E-state index in [1.165, 1.54) is 18.2 Å². The molecule has 1 saturated heterocycles. The molecular weight excluding hydrogens is 409 g/mol. The summed E-state index contributed by atoms with van der Waals surface area (Å²) in [4.78, 5) is 14.9. The monoisotopic (exact) mass is 429 g/mol. The summed E-state index contributed by atoms with van der Waals surface area (Å²) >= 11 is 0. The van der Waals surface area contributed by atoms with Crippen molar-refractivity contribution in [2.75, 3.05) is 18.2 Å². The number of sulfone groups is 1. The van der Waals surface area contributed by atoms with E-state index >= 15 is 0 Å². The molecule has 3 aliphatic heterocycles. The van der Waals surface area contributed by atoms with Gasteiger partial charge in [-0.3, -0.25) is 9.69 Å². The fraction of sp³-hybridized carbons (Fsp3) is 0.318. The van der Waals surface area contributed by atoms with Crippen LogP contribution >= 0.6 is 0 Å². The van der Waals surface area contributed by atoms with Crippen LogP contribution in [0.2, 0.25) is 0 Å². The quantitative estimate of drug-likeness (QED) is 0.684. The number of hydrogen-bond acceptors (Lipinski definition) is 6. The molecule has 0 radical (unpaired) electrons. The first kappa shape index (κ1) is 19.3. The zero-order valence-corrected chi connectivity index (χ0v) is 17.2. The van der Waals surface area contributed by atoms with Crippen molar-refractivity contribution < 1.29 is 27.1 Å². The number of ketones is 1. The maximum absolute atomic E-state index is 13.5. The van der Waals surface area contributed by atoms with Gasteiger partial charge >= 0.3 is 0 Å². The van der Waals surface area contributed by atoms with E-state index in [2.05, 4.69) is 0 Å². The van der Waals surface area contributed by atoms with Crippen molar-refractivity contribution in [2.24, 2.45) is 0 Å². The molecule has 6 nitrogen and oxygen atoms in total. The Balaban J connectivity index is 1.45. The number of nitrogens with zero attached hydrogens (tertiary/aromatic N) is 1. The number of benzene rings is 2. The molecule has 1 unspecified atom stereocenters. The number of Topliss-reactive ketones (excluding diaryl/α,β-unsaturated/α-hetero) is 1. The van der Waals surface area contributed by atoms with Crippen LogP contribution in [0.4, 0.5) is 4.39 Å². The summed E-state index contributed by atoms with van der Waals surface area (Å²) < 4.78 is 48.9. The van der Waals surface area contributed by atoms with Crippen LogP contribution in [-0.2, 0) is 16.4 Å². The fourth-order valence-electron chi connectivity index (χ4n) is 4.31. The number of carbonyl (C=O) groups excluding carboxylic acids is 1. The number of rotatable bonds is 2. The SMILES string of the molecule is Cc1c2c(cc3c1O/C(=C/c1cccc(F)c1)C3=O)CN(C1CCS(=O)(=O)C1)CO2. The summed E-state index contributed by atoms with van der Waals surface area (Å²) in [7, 11) is -2.99. The zero-order chi connectivity index (χ0) is 21.0. The van der Waals surface area contributed by atoms with Crippen molar-refractivity contribution >= 4 is 21.7 Å². The molecule has 0 N–H and O–H groups in total. The highest BCUT2D eigenvalue weighted by atomic mass is 32.2. The molecule has 0 aromatic heterocycles. The van der Waals surface area contributed by atoms with Gasteiger partial charge in [-0.05, 0) is 43.2 Å². The van der Waals surface area contributed by atoms with Crippen molar-refractivity contribution in [3.05, 3.63) is 64.2 Å². The third kappa shape index (κ3) is 3.30. The fourth-order valence-corrected chi connectivity index (χ4v) is 6.07. The largest absolute Gasteiger partial charge is 0.477 e. The lowest BCUT2D eigenvalue weighted by Gasteiger charge is -2.33. The van der Waals surface area contributed by atoms with E-state index < -0.39 is 9.84 Å². The molecule has 8 heteroatoms. The van der Waals surface area contributed by atoms with Crippen LogP contribution < -0.4 is 9.47 Å². The molecule has 0 spiro atoms. The van der Waals surface area contributed by atoms with Crippen molar-refractivity contribution in [2.45, 2.75) is 25.9 Å². The van der Waals surface area contributed by atoms with Crippen LogP contribution in [0.1, 0.15) is 33.5 Å². The van der Waals surface area contributed by atoms with Crippen molar-refractivity contribution in [3.8, 4) is 11.5 Å². The third-order valence-corrected chi connectivity index (χ3v) is 7.59. The lowest BCUT2D eigenvalue weighted by molar-refractivity contribution is 0.0637. The maximum Gasteiger partial charge on any atom is 0.231 e. The number of fused-ring (bicyclic) bond motifs is 2. The van der Waals surface area contributed by atoms with E-state index in [4.69, 9.17) is 9.47 Å². The number of halogens is 1. The van der Waals surface area contributed by atoms with E-state index in [1.807, 2.05) is 11.8 Å². The molecule has 0 saturated carbocycles. The van der Waals surface area contributed by atoms with Gasteiger partial charge in [-0.2, -0.15) is 0 Å². The highest BCUT2D eigenvalue weighted by molar-refractivity contribution is 7.91. The minimum absolute atomic E-state index is 0.0768. The summed E-state index contributed by atoms with van der Waals surface area (Å²) in [5, 5.41) is 0. The first-order chi connectivity index (χ1) is 14.3. The molecule has 0 aliphatic carbocycles. The lowest BCUT2D eigenvalue weighted by Crippen LogP contribution is -2.41. The smallest absolute Gasteiger partial charge is 0.231 e. The predicted octanol–water partition coefficient (Wildman–Crippen LogP) is 3.09. The van der Waals surface area contributed by atoms with Crippen LogP contribution in [0.5, 0.6) is 11.5 Å². The average Bonchev–Trinajstić information content (AvgIpc) is 3.22. The lowest BCUT2D eigenvalue weighted by atomic mass is 9.99. The van der Waals surface area contributed by atoms with Gasteiger partial charge in [0, 0.05) is 23.7 Å². The Kier molecular flexibility index (Phi) is 4.44. The van der Waals surface area contributed by atoms with Gasteiger partial charge in [0.15, 0.2) is 15.6 Å². The summed E-state index contributed by atoms with van der Waals surface area (Å²) in [5.41, 5.74) is 2.56. The van der Waals surface area contributed by atoms with E-state index in [9.17, 15) is 17.6 Å². The summed E-state index contributed by atoms with van der Waals surface area (Å²) in [6, 6.07) is 7.63. The van der Waals surface area contributed by atoms with Gasteiger partial charge in [-0.25, -0.2) is 12.8 Å². The second-order valence-corrected chi connectivity index (χ2v) is 10.2. The molecule has 2 aromatic rings. The molecule has 30 heavy (non-hydrogen) atoms. The van der Waals surface area contributed by atoms with Gasteiger partial charge in [0.05, 0.1) is 17.1 Å². The summed E-state index contributed by atoms with van der Waals surface area (Å²) in [5.74, 6) is 0.953. The van der Waals surface area contributed by atoms with Crippen LogP contribution in [0, 0.1) is 12.7 Å². The molecule has 2 aromatic carbocycles. The van der Waals surface area contributed by atoms with Crippen LogP contribution in [0.25, 0.3) is 6.08 Å². The van der Waals surface area contributed by atoms with E-state index in [0.29, 0.717) is 42.3 Å². The zero-order valence-electron chi connectivity index (χ0n) is 16.4. The Morgan fingerprint density at radius 1 is 1.23 bits per heavy atom. The van der Waals surface area contributed by atoms with Crippen molar-refractivity contribution in [1.29, 1.82) is 0 Å². The van der Waals surface area contributed by atoms with E-state index in [-0.39, 0.29) is 34.9 Å². The van der Waals surface area contributed by atoms with Gasteiger partial charge in [0.1, 0.15) is 24.0 Å². The Bertz CT molecular complexity index is 1200. The Morgan fingerprint density at radius 2 is 2.07 bits per heavy atom. The molecule has 1 fully saturated rings. The molecular formula is C22H20FNO5S. The Hall–Kier alpha value is -2.71. The highest BCUT2D eigenvalue weighted by Crippen LogP contribution is 2.43. The predicted molar refractivity (Wildman–Crippen MR) is 109 cm³/mol. The molecule has 0 bridgehead atoms. The van der Waals surface area contributed by atoms with Gasteiger partial charge in [-0.1, -0.05) is 12.1 Å². The maximum atomic E-state index is 13.5. The second kappa shape index (κ2) is 6.92. The topological polar surface area (TPSA) is 72.9 Å². The minimum Gasteiger partial charge on any atom is -0.477 e. The van der Waals surface area contributed by atoms with Crippen molar-refractivity contribution in [3.63, 3.8) is 0 Å². The molecule has 0 amide bonds. The first-order valence-corrected chi connectivity index (χ1v) is 11.6.